The predicted octanol–water partition coefficient (Wildman–Crippen LogP) is 4.44. The second-order valence-electron chi connectivity index (χ2n) is 2.70. The summed E-state index contributed by atoms with van der Waals surface area (Å²) in [4.78, 5) is 1.42. The Morgan fingerprint density at radius 2 is 1.77 bits per heavy atom. The minimum absolute atomic E-state index is 1.16. The molecule has 13 heavy (non-hydrogen) atoms. The van der Waals surface area contributed by atoms with Gasteiger partial charge in [-0.2, -0.15) is 0 Å². The molecule has 0 N–H and O–H groups in total. The fourth-order valence-corrected chi connectivity index (χ4v) is 1.89. The van der Waals surface area contributed by atoms with Gasteiger partial charge in [-0.1, -0.05) is 38.5 Å². The second kappa shape index (κ2) is 7.02. The molecule has 0 aliphatic carbocycles. The van der Waals surface area contributed by atoms with Gasteiger partial charge in [0.1, 0.15) is 0 Å². The van der Waals surface area contributed by atoms with E-state index in [-0.39, 0.29) is 0 Å². The summed E-state index contributed by atoms with van der Waals surface area (Å²) in [5.74, 6) is 1.16. The van der Waals surface area contributed by atoms with E-state index in [0.717, 1.165) is 5.75 Å². The van der Waals surface area contributed by atoms with Crippen molar-refractivity contribution in [2.75, 3.05) is 5.75 Å². The third-order valence-electron chi connectivity index (χ3n) is 1.64. The molecular formula is C12H20S. The molecule has 0 radical (unpaired) electrons. The molecule has 1 aromatic rings. The molecule has 0 aromatic heterocycles. The third-order valence-corrected chi connectivity index (χ3v) is 2.68. The SMILES string of the molecule is CC.CCSc1cc(C)ccc1C. The average molecular weight is 196 g/mol. The fraction of sp³-hybridized carbons (Fsp3) is 0.500. The third kappa shape index (κ3) is 4.37. The van der Waals surface area contributed by atoms with Crippen LogP contribution < -0.4 is 0 Å². The van der Waals surface area contributed by atoms with E-state index in [9.17, 15) is 0 Å². The maximum Gasteiger partial charge on any atom is 0.0104 e. The van der Waals surface area contributed by atoms with Crippen LogP contribution in [0, 0.1) is 13.8 Å². The van der Waals surface area contributed by atoms with E-state index in [1.54, 1.807) is 0 Å². The van der Waals surface area contributed by atoms with Crippen LogP contribution in [0.5, 0.6) is 0 Å². The van der Waals surface area contributed by atoms with Crippen LogP contribution in [0.3, 0.4) is 0 Å². The molecule has 0 aliphatic rings. The highest BCUT2D eigenvalue weighted by molar-refractivity contribution is 7.99. The highest BCUT2D eigenvalue weighted by atomic mass is 32.2. The van der Waals surface area contributed by atoms with Crippen LogP contribution in [0.1, 0.15) is 31.9 Å². The first-order chi connectivity index (χ1) is 6.24. The van der Waals surface area contributed by atoms with Gasteiger partial charge in [0.05, 0.1) is 0 Å². The predicted molar refractivity (Wildman–Crippen MR) is 63.7 cm³/mol. The van der Waals surface area contributed by atoms with Gasteiger partial charge in [0.25, 0.3) is 0 Å². The molecular weight excluding hydrogens is 176 g/mol. The molecule has 0 spiro atoms. The standard InChI is InChI=1S/C10H14S.C2H6/c1-4-11-10-7-8(2)5-6-9(10)3;1-2/h5-7H,4H2,1-3H3;1-2H3. The van der Waals surface area contributed by atoms with Crippen molar-refractivity contribution in [1.29, 1.82) is 0 Å². The summed E-state index contributed by atoms with van der Waals surface area (Å²) < 4.78 is 0. The molecule has 0 aliphatic heterocycles. The maximum atomic E-state index is 2.25. The molecule has 0 unspecified atom stereocenters. The van der Waals surface area contributed by atoms with Crippen LogP contribution in [0.25, 0.3) is 0 Å². The average Bonchev–Trinajstić information content (AvgIpc) is 2.15. The Labute approximate surface area is 86.7 Å². The van der Waals surface area contributed by atoms with Crippen LogP contribution in [-0.4, -0.2) is 5.75 Å². The molecule has 0 heterocycles. The van der Waals surface area contributed by atoms with Gasteiger partial charge in [0.15, 0.2) is 0 Å². The highest BCUT2D eigenvalue weighted by Crippen LogP contribution is 2.22. The summed E-state index contributed by atoms with van der Waals surface area (Å²) >= 11 is 1.92. The molecule has 0 nitrogen and oxygen atoms in total. The lowest BCUT2D eigenvalue weighted by Gasteiger charge is -2.03. The highest BCUT2D eigenvalue weighted by Gasteiger charge is 1.96. The van der Waals surface area contributed by atoms with Gasteiger partial charge >= 0.3 is 0 Å². The van der Waals surface area contributed by atoms with Crippen molar-refractivity contribution in [1.82, 2.24) is 0 Å². The minimum Gasteiger partial charge on any atom is -0.126 e. The number of hydrogen-bond donors (Lipinski definition) is 0. The Morgan fingerprint density at radius 3 is 2.31 bits per heavy atom. The van der Waals surface area contributed by atoms with Crippen molar-refractivity contribution in [3.05, 3.63) is 29.3 Å². The van der Waals surface area contributed by atoms with Gasteiger partial charge in [-0.3, -0.25) is 0 Å². The largest absolute Gasteiger partial charge is 0.126 e. The lowest BCUT2D eigenvalue weighted by atomic mass is 10.2. The zero-order valence-corrected chi connectivity index (χ0v) is 10.2. The van der Waals surface area contributed by atoms with E-state index in [2.05, 4.69) is 39.0 Å². The topological polar surface area (TPSA) is 0 Å². The van der Waals surface area contributed by atoms with Gasteiger partial charge in [0, 0.05) is 4.90 Å². The summed E-state index contributed by atoms with van der Waals surface area (Å²) in [6.45, 7) is 10.5. The normalized spacial score (nSPS) is 9.00. The zero-order chi connectivity index (χ0) is 10.3. The van der Waals surface area contributed by atoms with Crippen molar-refractivity contribution >= 4 is 11.8 Å². The summed E-state index contributed by atoms with van der Waals surface area (Å²) in [5.41, 5.74) is 2.74. The van der Waals surface area contributed by atoms with Gasteiger partial charge in [-0.25, -0.2) is 0 Å². The number of hydrogen-bond acceptors (Lipinski definition) is 1. The Hall–Kier alpha value is -0.430. The Balaban J connectivity index is 0.000000671. The van der Waals surface area contributed by atoms with Crippen molar-refractivity contribution in [2.24, 2.45) is 0 Å². The Morgan fingerprint density at radius 1 is 1.15 bits per heavy atom. The minimum atomic E-state index is 1.16. The summed E-state index contributed by atoms with van der Waals surface area (Å²) in [6, 6.07) is 6.60. The number of aryl methyl sites for hydroxylation is 2. The van der Waals surface area contributed by atoms with Gasteiger partial charge in [-0.15, -0.1) is 11.8 Å². The Bertz CT molecular complexity index is 241. The van der Waals surface area contributed by atoms with Crippen LogP contribution in [-0.2, 0) is 0 Å². The van der Waals surface area contributed by atoms with Crippen LogP contribution >= 0.6 is 11.8 Å². The molecule has 1 aromatic carbocycles. The summed E-state index contributed by atoms with van der Waals surface area (Å²) in [6.07, 6.45) is 0. The molecule has 0 saturated carbocycles. The molecule has 0 atom stereocenters. The monoisotopic (exact) mass is 196 g/mol. The van der Waals surface area contributed by atoms with Crippen molar-refractivity contribution in [2.45, 2.75) is 39.5 Å². The zero-order valence-electron chi connectivity index (χ0n) is 9.35. The maximum absolute atomic E-state index is 2.25. The molecule has 0 amide bonds. The van der Waals surface area contributed by atoms with E-state index < -0.39 is 0 Å². The quantitative estimate of drug-likeness (QED) is 0.630. The van der Waals surface area contributed by atoms with Gasteiger partial charge in [0.2, 0.25) is 0 Å². The molecule has 1 rings (SSSR count). The molecule has 1 heteroatoms. The van der Waals surface area contributed by atoms with Crippen LogP contribution in [0.2, 0.25) is 0 Å². The van der Waals surface area contributed by atoms with E-state index in [0.29, 0.717) is 0 Å². The fourth-order valence-electron chi connectivity index (χ4n) is 1.02. The van der Waals surface area contributed by atoms with E-state index in [1.165, 1.54) is 16.0 Å². The molecule has 0 fully saturated rings. The first-order valence-electron chi connectivity index (χ1n) is 4.94. The van der Waals surface area contributed by atoms with Crippen molar-refractivity contribution < 1.29 is 0 Å². The lowest BCUT2D eigenvalue weighted by molar-refractivity contribution is 1.26. The van der Waals surface area contributed by atoms with Crippen molar-refractivity contribution in [3.8, 4) is 0 Å². The first-order valence-corrected chi connectivity index (χ1v) is 5.92. The lowest BCUT2D eigenvalue weighted by Crippen LogP contribution is -1.81. The van der Waals surface area contributed by atoms with Gasteiger partial charge < -0.3 is 0 Å². The molecule has 74 valence electrons. The summed E-state index contributed by atoms with van der Waals surface area (Å²) in [5, 5.41) is 0. The smallest absolute Gasteiger partial charge is 0.0104 e. The van der Waals surface area contributed by atoms with E-state index in [4.69, 9.17) is 0 Å². The van der Waals surface area contributed by atoms with Gasteiger partial charge in [-0.05, 0) is 31.2 Å². The Kier molecular flexibility index (Phi) is 6.79. The first kappa shape index (κ1) is 12.6. The summed E-state index contributed by atoms with van der Waals surface area (Å²) in [7, 11) is 0. The number of thioether (sulfide) groups is 1. The van der Waals surface area contributed by atoms with E-state index in [1.807, 2.05) is 25.6 Å². The van der Waals surface area contributed by atoms with Crippen molar-refractivity contribution in [3.63, 3.8) is 0 Å². The molecule has 0 saturated heterocycles. The second-order valence-corrected chi connectivity index (χ2v) is 4.01. The number of rotatable bonds is 2. The van der Waals surface area contributed by atoms with E-state index >= 15 is 0 Å². The number of benzene rings is 1. The van der Waals surface area contributed by atoms with Crippen LogP contribution in [0.15, 0.2) is 23.1 Å². The van der Waals surface area contributed by atoms with Crippen LogP contribution in [0.4, 0.5) is 0 Å². The molecule has 0 bridgehead atoms.